The van der Waals surface area contributed by atoms with E-state index in [1.165, 1.54) is 4.68 Å². The molecule has 6 nitrogen and oxygen atoms in total. The third kappa shape index (κ3) is 3.22. The van der Waals surface area contributed by atoms with E-state index in [1.54, 1.807) is 12.1 Å². The predicted octanol–water partition coefficient (Wildman–Crippen LogP) is 3.57. The molecule has 124 valence electrons. The summed E-state index contributed by atoms with van der Waals surface area (Å²) in [6, 6.07) is 9.24. The maximum atomic E-state index is 11.8. The number of tetrazole rings is 1. The number of nitrogens with one attached hydrogen (secondary N) is 1. The highest BCUT2D eigenvalue weighted by atomic mass is 79.9. The molecule has 0 amide bonds. The van der Waals surface area contributed by atoms with Gasteiger partial charge in [-0.15, -0.1) is 0 Å². The number of halogens is 2. The summed E-state index contributed by atoms with van der Waals surface area (Å²) in [5.41, 5.74) is 2.95. The summed E-state index contributed by atoms with van der Waals surface area (Å²) in [5.74, 6) is 0.694. The minimum absolute atomic E-state index is 0.246. The van der Waals surface area contributed by atoms with Gasteiger partial charge in [0.05, 0.1) is 5.69 Å². The molecule has 1 N–H and O–H groups in total. The van der Waals surface area contributed by atoms with Crippen LogP contribution < -0.4 is 10.4 Å². The van der Waals surface area contributed by atoms with Gasteiger partial charge in [0.2, 0.25) is 0 Å². The van der Waals surface area contributed by atoms with Gasteiger partial charge < -0.3 is 4.74 Å². The smallest absolute Gasteiger partial charge is 0.365 e. The van der Waals surface area contributed by atoms with Crippen molar-refractivity contribution in [3.05, 3.63) is 67.0 Å². The van der Waals surface area contributed by atoms with Gasteiger partial charge in [0.1, 0.15) is 12.4 Å². The Morgan fingerprint density at radius 1 is 1.29 bits per heavy atom. The number of aromatic amines is 1. The molecule has 0 spiro atoms. The standard InChI is InChI=1S/C16H14BrClN4O2/c1-9-6-10(2)15(7-13(9)18)24-8-11-12(17)4-3-5-14(11)22-16(23)19-20-21-22/h3-7H,8H2,1-2H3,(H,19,21,23). The van der Waals surface area contributed by atoms with Crippen molar-refractivity contribution in [1.29, 1.82) is 0 Å². The van der Waals surface area contributed by atoms with E-state index in [0.717, 1.165) is 21.2 Å². The molecule has 0 unspecified atom stereocenters. The summed E-state index contributed by atoms with van der Waals surface area (Å²) in [6.45, 7) is 4.15. The lowest BCUT2D eigenvalue weighted by Gasteiger charge is -2.14. The van der Waals surface area contributed by atoms with Crippen molar-refractivity contribution >= 4 is 27.5 Å². The fourth-order valence-corrected chi connectivity index (χ4v) is 2.98. The van der Waals surface area contributed by atoms with E-state index in [-0.39, 0.29) is 6.61 Å². The van der Waals surface area contributed by atoms with Crippen molar-refractivity contribution in [3.8, 4) is 11.4 Å². The van der Waals surface area contributed by atoms with Gasteiger partial charge in [-0.1, -0.05) is 39.7 Å². The van der Waals surface area contributed by atoms with Crippen molar-refractivity contribution in [2.24, 2.45) is 0 Å². The number of H-pyrrole nitrogens is 1. The zero-order chi connectivity index (χ0) is 17.3. The Hall–Kier alpha value is -2.12. The molecular formula is C16H14BrClN4O2. The number of ether oxygens (including phenoxy) is 1. The first-order valence-corrected chi connectivity index (χ1v) is 8.32. The van der Waals surface area contributed by atoms with E-state index in [1.807, 2.05) is 32.0 Å². The second kappa shape index (κ2) is 6.78. The van der Waals surface area contributed by atoms with Crippen LogP contribution in [0.15, 0.2) is 39.6 Å². The summed E-state index contributed by atoms with van der Waals surface area (Å²) in [6.07, 6.45) is 0. The first-order valence-electron chi connectivity index (χ1n) is 7.15. The summed E-state index contributed by atoms with van der Waals surface area (Å²) in [4.78, 5) is 11.8. The van der Waals surface area contributed by atoms with Gasteiger partial charge in [-0.3, -0.25) is 0 Å². The molecule has 0 aliphatic heterocycles. The highest BCUT2D eigenvalue weighted by molar-refractivity contribution is 9.10. The van der Waals surface area contributed by atoms with Gasteiger partial charge in [0.25, 0.3) is 0 Å². The highest BCUT2D eigenvalue weighted by Crippen LogP contribution is 2.29. The molecule has 0 aliphatic rings. The molecule has 0 bridgehead atoms. The monoisotopic (exact) mass is 408 g/mol. The van der Waals surface area contributed by atoms with Gasteiger partial charge in [0, 0.05) is 15.1 Å². The van der Waals surface area contributed by atoms with Crippen LogP contribution in [-0.4, -0.2) is 20.2 Å². The molecular weight excluding hydrogens is 396 g/mol. The maximum Gasteiger partial charge on any atom is 0.365 e. The first-order chi connectivity index (χ1) is 11.5. The summed E-state index contributed by atoms with van der Waals surface area (Å²) >= 11 is 9.67. The van der Waals surface area contributed by atoms with Crippen LogP contribution in [-0.2, 0) is 6.61 Å². The molecule has 0 aliphatic carbocycles. The molecule has 1 heterocycles. The Morgan fingerprint density at radius 2 is 2.08 bits per heavy atom. The molecule has 0 atom stereocenters. The minimum atomic E-state index is -0.413. The van der Waals surface area contributed by atoms with Crippen molar-refractivity contribution in [1.82, 2.24) is 20.2 Å². The second-order valence-corrected chi connectivity index (χ2v) is 6.57. The van der Waals surface area contributed by atoms with Crippen molar-refractivity contribution in [2.45, 2.75) is 20.5 Å². The summed E-state index contributed by atoms with van der Waals surface area (Å²) in [7, 11) is 0. The van der Waals surface area contributed by atoms with Gasteiger partial charge in [-0.25, -0.2) is 9.89 Å². The lowest BCUT2D eigenvalue weighted by atomic mass is 10.1. The lowest BCUT2D eigenvalue weighted by molar-refractivity contribution is 0.302. The Morgan fingerprint density at radius 3 is 2.79 bits per heavy atom. The Kier molecular flexibility index (Phi) is 4.73. The van der Waals surface area contributed by atoms with Crippen molar-refractivity contribution in [2.75, 3.05) is 0 Å². The quantitative estimate of drug-likeness (QED) is 0.715. The first kappa shape index (κ1) is 16.7. The molecule has 3 aromatic rings. The number of aromatic nitrogens is 4. The molecule has 0 saturated heterocycles. The van der Waals surface area contributed by atoms with Crippen LogP contribution in [0.4, 0.5) is 0 Å². The molecule has 2 aromatic carbocycles. The number of hydrogen-bond donors (Lipinski definition) is 1. The van der Waals surface area contributed by atoms with E-state index >= 15 is 0 Å². The Balaban J connectivity index is 1.95. The number of nitrogens with zero attached hydrogens (tertiary/aromatic N) is 3. The van der Waals surface area contributed by atoms with Crippen molar-refractivity contribution < 1.29 is 4.74 Å². The van der Waals surface area contributed by atoms with E-state index < -0.39 is 5.69 Å². The molecule has 8 heteroatoms. The normalized spacial score (nSPS) is 10.8. The van der Waals surface area contributed by atoms with Crippen LogP contribution in [0, 0.1) is 13.8 Å². The summed E-state index contributed by atoms with van der Waals surface area (Å²) < 4.78 is 7.93. The number of benzene rings is 2. The summed E-state index contributed by atoms with van der Waals surface area (Å²) in [5, 5.41) is 10.2. The highest BCUT2D eigenvalue weighted by Gasteiger charge is 2.14. The fourth-order valence-electron chi connectivity index (χ4n) is 2.36. The van der Waals surface area contributed by atoms with Crippen LogP contribution in [0.1, 0.15) is 16.7 Å². The molecule has 24 heavy (non-hydrogen) atoms. The van der Waals surface area contributed by atoms with Crippen LogP contribution in [0.25, 0.3) is 5.69 Å². The molecule has 1 aromatic heterocycles. The number of aryl methyl sites for hydroxylation is 2. The maximum absolute atomic E-state index is 11.8. The third-order valence-corrected chi connectivity index (χ3v) is 4.77. The zero-order valence-corrected chi connectivity index (χ0v) is 15.3. The van der Waals surface area contributed by atoms with Gasteiger partial charge in [0.15, 0.2) is 0 Å². The van der Waals surface area contributed by atoms with Gasteiger partial charge in [-0.05, 0) is 53.6 Å². The molecule has 0 fully saturated rings. The molecule has 3 rings (SSSR count). The van der Waals surface area contributed by atoms with E-state index in [2.05, 4.69) is 31.5 Å². The second-order valence-electron chi connectivity index (χ2n) is 5.31. The topological polar surface area (TPSA) is 72.8 Å². The average Bonchev–Trinajstić information content (AvgIpc) is 2.96. The van der Waals surface area contributed by atoms with Crippen molar-refractivity contribution in [3.63, 3.8) is 0 Å². The van der Waals surface area contributed by atoms with Crippen LogP contribution in [0.2, 0.25) is 5.02 Å². The largest absolute Gasteiger partial charge is 0.488 e. The van der Waals surface area contributed by atoms with Gasteiger partial charge >= 0.3 is 5.69 Å². The molecule has 0 radical (unpaired) electrons. The third-order valence-electron chi connectivity index (χ3n) is 3.62. The predicted molar refractivity (Wildman–Crippen MR) is 94.9 cm³/mol. The van der Waals surface area contributed by atoms with Crippen LogP contribution in [0.5, 0.6) is 5.75 Å². The number of hydrogen-bond acceptors (Lipinski definition) is 4. The van der Waals surface area contributed by atoms with Crippen LogP contribution >= 0.6 is 27.5 Å². The SMILES string of the molecule is Cc1cc(C)c(OCc2c(Br)cccc2-n2nn[nH]c2=O)cc1Cl. The lowest BCUT2D eigenvalue weighted by Crippen LogP contribution is -2.18. The fraction of sp³-hybridized carbons (Fsp3) is 0.188. The minimum Gasteiger partial charge on any atom is -0.488 e. The van der Waals surface area contributed by atoms with Crippen LogP contribution in [0.3, 0.4) is 0 Å². The molecule has 0 saturated carbocycles. The van der Waals surface area contributed by atoms with E-state index in [0.29, 0.717) is 16.5 Å². The average molecular weight is 410 g/mol. The Labute approximate surface area is 151 Å². The Bertz CT molecular complexity index is 951. The van der Waals surface area contributed by atoms with Gasteiger partial charge in [-0.2, -0.15) is 4.68 Å². The van der Waals surface area contributed by atoms with E-state index in [4.69, 9.17) is 16.3 Å². The zero-order valence-electron chi connectivity index (χ0n) is 13.0. The number of rotatable bonds is 4. The van der Waals surface area contributed by atoms with E-state index in [9.17, 15) is 4.79 Å².